The molecule has 1 rings (SSSR count). The summed E-state index contributed by atoms with van der Waals surface area (Å²) < 4.78 is 372. The van der Waals surface area contributed by atoms with Crippen LogP contribution in [0.15, 0.2) is 0 Å². The van der Waals surface area contributed by atoms with Gasteiger partial charge in [-0.1, -0.05) is 56.4 Å². The Morgan fingerprint density at radius 3 is 0.634 bits per heavy atom. The summed E-state index contributed by atoms with van der Waals surface area (Å²) in [4.78, 5) is 134. The van der Waals surface area contributed by atoms with Crippen LogP contribution in [-0.4, -0.2) is 217 Å². The maximum Gasteiger partial charge on any atom is 0.422 e. The summed E-state index contributed by atoms with van der Waals surface area (Å²) in [6, 6.07) is 0. The average molecular weight is 1870 g/mol. The SMILES string of the molecule is C.C.CC(F)(F)F.CCC(C)(C)C(=O)OCC(=O)OCC(F)(F)F.CCC(C)(C)C(=O)OCC(=O)OCC(F)(F)F.CCC(C)(C)C(=O)OCC(=O)OCC(F)(F)F.CCC(C)(C)C(=O)OCCC(=O)OCC1(F)C(F)(F)C(F)(F)C(F)(F)C(F)(F)C1(F)F.CCC(C)(C)C(=O)OCCC(=O)OCCC(F)(F)F.CCOC(=O)CCOC(=O)C(C)(C)CC. The molecule has 0 heterocycles. The summed E-state index contributed by atoms with van der Waals surface area (Å²) in [6.07, 6.45) is -21.4. The minimum absolute atomic E-state index is 0. The van der Waals surface area contributed by atoms with E-state index in [1.54, 1.807) is 90.0 Å². The van der Waals surface area contributed by atoms with Crippen molar-refractivity contribution >= 4 is 71.6 Å². The third-order valence-corrected chi connectivity index (χ3v) is 16.3. The van der Waals surface area contributed by atoms with Crippen LogP contribution in [0.4, 0.5) is 114 Å². The van der Waals surface area contributed by atoms with Crippen LogP contribution in [-0.2, 0) is 114 Å². The van der Waals surface area contributed by atoms with E-state index in [0.717, 1.165) is 0 Å². The molecule has 0 amide bonds. The predicted molar refractivity (Wildman–Crippen MR) is 378 cm³/mol. The van der Waals surface area contributed by atoms with Crippen molar-refractivity contribution in [1.29, 1.82) is 0 Å². The number of ether oxygens (including phenoxy) is 12. The molecule has 1 fully saturated rings. The highest BCUT2D eigenvalue weighted by molar-refractivity contribution is 5.82. The van der Waals surface area contributed by atoms with E-state index in [-0.39, 0.29) is 66.2 Å². The smallest absolute Gasteiger partial charge is 0.422 e. The van der Waals surface area contributed by atoms with Gasteiger partial charge in [-0.15, -0.1) is 0 Å². The van der Waals surface area contributed by atoms with Crippen LogP contribution in [0, 0.1) is 32.5 Å². The molecule has 0 bridgehead atoms. The quantitative estimate of drug-likeness (QED) is 0.0323. The van der Waals surface area contributed by atoms with Crippen molar-refractivity contribution in [1.82, 2.24) is 0 Å². The summed E-state index contributed by atoms with van der Waals surface area (Å²) in [7, 11) is 0. The summed E-state index contributed by atoms with van der Waals surface area (Å²) in [5.74, 6) is -46.3. The second-order valence-corrected chi connectivity index (χ2v) is 29.1. The number of halogens is 26. The summed E-state index contributed by atoms with van der Waals surface area (Å²) in [6.45, 7) is 20.2. The molecule has 0 atom stereocenters. The zero-order valence-electron chi connectivity index (χ0n) is 69.7. The highest BCUT2D eigenvalue weighted by Crippen LogP contribution is 2.69. The molecule has 0 spiro atoms. The molecule has 0 unspecified atom stereocenters. The molecule has 0 radical (unpaired) electrons. The lowest BCUT2D eigenvalue weighted by atomic mass is 9.72. The van der Waals surface area contributed by atoms with Gasteiger partial charge in [-0.2, -0.15) is 110 Å². The van der Waals surface area contributed by atoms with Crippen molar-refractivity contribution < 1.29 is 229 Å². The Kier molecular flexibility index (Phi) is 57.2. The molecule has 1 saturated carbocycles. The van der Waals surface area contributed by atoms with E-state index in [2.05, 4.69) is 42.6 Å². The fourth-order valence-electron chi connectivity index (χ4n) is 6.01. The first-order chi connectivity index (χ1) is 53.8. The first-order valence-corrected chi connectivity index (χ1v) is 35.7. The predicted octanol–water partition coefficient (Wildman–Crippen LogP) is 18.6. The zero-order chi connectivity index (χ0) is 97.5. The fourth-order valence-corrected chi connectivity index (χ4v) is 6.01. The average Bonchev–Trinajstić information content (AvgIpc) is 0.663. The van der Waals surface area contributed by atoms with Crippen molar-refractivity contribution in [3.8, 4) is 0 Å². The largest absolute Gasteiger partial charge is 0.466 e. The Labute approximate surface area is 694 Å². The number of hydrogen-bond acceptors (Lipinski definition) is 24. The van der Waals surface area contributed by atoms with Gasteiger partial charge in [0.25, 0.3) is 5.67 Å². The molecule has 0 saturated heterocycles. The van der Waals surface area contributed by atoms with Gasteiger partial charge >= 0.3 is 132 Å². The Morgan fingerprint density at radius 2 is 0.439 bits per heavy atom. The van der Waals surface area contributed by atoms with E-state index in [1.807, 2.05) is 27.7 Å². The van der Waals surface area contributed by atoms with Crippen molar-refractivity contribution in [2.45, 2.75) is 284 Å². The van der Waals surface area contributed by atoms with Gasteiger partial charge in [-0.25, -0.2) is 18.8 Å². The van der Waals surface area contributed by atoms with Gasteiger partial charge in [0.05, 0.1) is 71.4 Å². The van der Waals surface area contributed by atoms with Gasteiger partial charge in [-0.05, 0) is 129 Å². The molecule has 24 nitrogen and oxygen atoms in total. The van der Waals surface area contributed by atoms with Gasteiger partial charge in [0.1, 0.15) is 26.4 Å². The maximum atomic E-state index is 14.3. The number of carbonyl (C=O) groups is 12. The molecule has 1 aliphatic carbocycles. The molecule has 0 aromatic carbocycles. The molecular weight excluding hydrogens is 1750 g/mol. The minimum atomic E-state index is -7.34. The summed E-state index contributed by atoms with van der Waals surface area (Å²) in [5.41, 5.74) is -10.9. The standard InChI is InChI=1S/C16H17F11O4.C12H19F3O4.C11H20O4.3C10H15F3O4.C2H3F3.2CH4/c1-4-10(2,3)9(29)30-6-5-8(28)31-7-11(17)12(18,19)14(22,23)16(26,27)15(24,25)13(11,20)21;1-4-11(2,3)10(17)19-7-5-9(16)18-8-6-12(13,14)15;1-5-11(3,4)10(13)15-8-7-9(12)14-6-2;3*1-4-9(2,3)8(15)16-5-7(14)17-6-10(11,12)13;1-2(3,4)5;;/h4-7H2,1-3H3;4-8H2,1-3H3;5-8H2,1-4H3;3*4-6H2,1-3H3;1H3;2*1H4. The van der Waals surface area contributed by atoms with Crippen molar-refractivity contribution in [2.75, 3.05) is 79.3 Å². The van der Waals surface area contributed by atoms with Crippen LogP contribution in [0.1, 0.15) is 218 Å². The van der Waals surface area contributed by atoms with E-state index in [0.29, 0.717) is 38.7 Å². The topological polar surface area (TPSA) is 316 Å². The molecule has 0 aromatic rings. The normalized spacial score (nSPS) is 15.0. The number of esters is 12. The third kappa shape index (κ3) is 51.1. The first-order valence-electron chi connectivity index (χ1n) is 35.7. The third-order valence-electron chi connectivity index (χ3n) is 16.3. The van der Waals surface area contributed by atoms with E-state index in [4.69, 9.17) is 14.2 Å². The van der Waals surface area contributed by atoms with E-state index < -0.39 is 231 Å². The number of hydrogen-bond donors (Lipinski definition) is 0. The van der Waals surface area contributed by atoms with E-state index in [9.17, 15) is 172 Å². The van der Waals surface area contributed by atoms with E-state index >= 15 is 0 Å². The van der Waals surface area contributed by atoms with Crippen LogP contribution < -0.4 is 0 Å². The van der Waals surface area contributed by atoms with Crippen LogP contribution in [0.5, 0.6) is 0 Å². The number of carbonyl (C=O) groups excluding carboxylic acids is 12. The van der Waals surface area contributed by atoms with Crippen LogP contribution in [0.2, 0.25) is 0 Å². The zero-order valence-corrected chi connectivity index (χ0v) is 69.7. The molecule has 123 heavy (non-hydrogen) atoms. The van der Waals surface area contributed by atoms with E-state index in [1.165, 1.54) is 13.8 Å². The second-order valence-electron chi connectivity index (χ2n) is 29.1. The lowest BCUT2D eigenvalue weighted by Crippen LogP contribution is -2.84. The lowest BCUT2D eigenvalue weighted by molar-refractivity contribution is -0.487. The lowest BCUT2D eigenvalue weighted by Gasteiger charge is -2.52. The fraction of sp³-hybridized carbons (Fsp3) is 0.836. The highest BCUT2D eigenvalue weighted by Gasteiger charge is 3.01. The van der Waals surface area contributed by atoms with Gasteiger partial charge < -0.3 is 56.8 Å². The molecule has 1 aliphatic rings. The molecule has 0 N–H and O–H groups in total. The summed E-state index contributed by atoms with van der Waals surface area (Å²) >= 11 is 0. The van der Waals surface area contributed by atoms with Gasteiger partial charge in [-0.3, -0.25) is 43.2 Å². The Morgan fingerprint density at radius 1 is 0.244 bits per heavy atom. The molecule has 0 aliphatic heterocycles. The van der Waals surface area contributed by atoms with Crippen molar-refractivity contribution in [3.63, 3.8) is 0 Å². The number of rotatable bonds is 35. The molecule has 0 aromatic heterocycles. The first kappa shape index (κ1) is 130. The molecule has 730 valence electrons. The van der Waals surface area contributed by atoms with Crippen molar-refractivity contribution in [2.24, 2.45) is 32.5 Å². The summed E-state index contributed by atoms with van der Waals surface area (Å²) in [5, 5.41) is 0. The molecular formula is C73H112F26O24. The highest BCUT2D eigenvalue weighted by atomic mass is 19.4. The Balaban J connectivity index is -0.000000216. The van der Waals surface area contributed by atoms with Crippen LogP contribution in [0.25, 0.3) is 0 Å². The Hall–Kier alpha value is -8.18. The van der Waals surface area contributed by atoms with Gasteiger partial charge in [0, 0.05) is 6.92 Å². The Bertz CT molecular complexity index is 3060. The minimum Gasteiger partial charge on any atom is -0.466 e. The van der Waals surface area contributed by atoms with Gasteiger partial charge in [0.15, 0.2) is 39.6 Å². The van der Waals surface area contributed by atoms with Crippen molar-refractivity contribution in [3.05, 3.63) is 0 Å². The van der Waals surface area contributed by atoms with Gasteiger partial charge in [0.2, 0.25) is 0 Å². The second kappa shape index (κ2) is 54.0. The van der Waals surface area contributed by atoms with Crippen LogP contribution in [0.3, 0.4) is 0 Å². The maximum absolute atomic E-state index is 14.3. The molecule has 50 heteroatoms. The monoisotopic (exact) mass is 1870 g/mol. The van der Waals surface area contributed by atoms with Crippen LogP contribution >= 0.6 is 0 Å². The number of alkyl halides is 26.